The van der Waals surface area contributed by atoms with E-state index in [4.69, 9.17) is 10.00 Å². The summed E-state index contributed by atoms with van der Waals surface area (Å²) in [5.74, 6) is 0.763. The molecule has 1 saturated carbocycles. The number of rotatable bonds is 8. The third kappa shape index (κ3) is 5.00. The van der Waals surface area contributed by atoms with E-state index in [0.29, 0.717) is 23.8 Å². The smallest absolute Gasteiger partial charge is 0.251 e. The monoisotopic (exact) mass is 349 g/mol. The number of carbonyl (C=O) groups excluding carboxylic acids is 1. The van der Waals surface area contributed by atoms with Crippen molar-refractivity contribution in [3.8, 4) is 11.8 Å². The first-order chi connectivity index (χ1) is 12.7. The van der Waals surface area contributed by atoms with Crippen molar-refractivity contribution in [2.24, 2.45) is 0 Å². The van der Waals surface area contributed by atoms with Crippen LogP contribution >= 0.6 is 0 Å². The molecule has 134 valence electrons. The maximum absolute atomic E-state index is 12.2. The fourth-order valence-corrected chi connectivity index (χ4v) is 2.56. The van der Waals surface area contributed by atoms with Crippen LogP contribution in [-0.4, -0.2) is 25.1 Å². The van der Waals surface area contributed by atoms with Gasteiger partial charge in [-0.25, -0.2) is 0 Å². The van der Waals surface area contributed by atoms with Crippen LogP contribution in [0.3, 0.4) is 0 Å². The summed E-state index contributed by atoms with van der Waals surface area (Å²) >= 11 is 0. The number of carbonyl (C=O) groups is 1. The Hall–Kier alpha value is -3.00. The molecular weight excluding hydrogens is 326 g/mol. The molecule has 1 amide bonds. The minimum Gasteiger partial charge on any atom is -0.494 e. The van der Waals surface area contributed by atoms with Crippen LogP contribution in [0.4, 0.5) is 5.69 Å². The normalized spacial score (nSPS) is 12.9. The summed E-state index contributed by atoms with van der Waals surface area (Å²) in [6.45, 7) is 3.36. The number of nitrogens with one attached hydrogen (secondary N) is 2. The van der Waals surface area contributed by atoms with E-state index >= 15 is 0 Å². The molecule has 0 unspecified atom stereocenters. The molecule has 2 N–H and O–H groups in total. The molecule has 0 aliphatic heterocycles. The zero-order valence-electron chi connectivity index (χ0n) is 14.9. The molecule has 26 heavy (non-hydrogen) atoms. The Balaban J connectivity index is 1.44. The van der Waals surface area contributed by atoms with Crippen LogP contribution < -0.4 is 15.4 Å². The van der Waals surface area contributed by atoms with E-state index in [1.165, 1.54) is 0 Å². The average molecular weight is 349 g/mol. The van der Waals surface area contributed by atoms with Crippen LogP contribution in [-0.2, 0) is 0 Å². The first kappa shape index (κ1) is 17.8. The van der Waals surface area contributed by atoms with Gasteiger partial charge in [-0.2, -0.15) is 5.26 Å². The molecule has 1 aliphatic rings. The van der Waals surface area contributed by atoms with Crippen molar-refractivity contribution in [3.05, 3.63) is 59.2 Å². The molecule has 0 saturated heterocycles. The molecule has 0 heterocycles. The highest BCUT2D eigenvalue weighted by Crippen LogP contribution is 2.21. The summed E-state index contributed by atoms with van der Waals surface area (Å²) in [5, 5.41) is 15.2. The highest BCUT2D eigenvalue weighted by molar-refractivity contribution is 5.95. The Morgan fingerprint density at radius 1 is 1.23 bits per heavy atom. The Morgan fingerprint density at radius 3 is 2.69 bits per heavy atom. The van der Waals surface area contributed by atoms with Crippen molar-refractivity contribution in [2.75, 3.05) is 18.5 Å². The fourth-order valence-electron chi connectivity index (χ4n) is 2.56. The van der Waals surface area contributed by atoms with Gasteiger partial charge in [-0.1, -0.05) is 6.07 Å². The second-order valence-electron chi connectivity index (χ2n) is 6.54. The van der Waals surface area contributed by atoms with Gasteiger partial charge < -0.3 is 15.4 Å². The number of aryl methyl sites for hydroxylation is 1. The first-order valence-corrected chi connectivity index (χ1v) is 8.94. The van der Waals surface area contributed by atoms with E-state index < -0.39 is 0 Å². The molecule has 0 bridgehead atoms. The van der Waals surface area contributed by atoms with Gasteiger partial charge in [-0.05, 0) is 68.1 Å². The fraction of sp³-hybridized carbons (Fsp3) is 0.333. The van der Waals surface area contributed by atoms with Crippen LogP contribution in [0.1, 0.15) is 40.7 Å². The van der Waals surface area contributed by atoms with Crippen LogP contribution in [0.5, 0.6) is 5.75 Å². The molecule has 0 atom stereocenters. The third-order valence-corrected chi connectivity index (χ3v) is 4.30. The molecule has 2 aromatic rings. The number of anilines is 1. The van der Waals surface area contributed by atoms with Gasteiger partial charge in [0.25, 0.3) is 5.91 Å². The van der Waals surface area contributed by atoms with Gasteiger partial charge in [0.1, 0.15) is 5.75 Å². The zero-order valence-corrected chi connectivity index (χ0v) is 14.9. The van der Waals surface area contributed by atoms with E-state index in [0.717, 1.165) is 42.8 Å². The van der Waals surface area contributed by atoms with Crippen molar-refractivity contribution < 1.29 is 9.53 Å². The van der Waals surface area contributed by atoms with E-state index in [1.54, 1.807) is 24.3 Å². The lowest BCUT2D eigenvalue weighted by Gasteiger charge is -2.12. The minimum atomic E-state index is -0.000278. The maximum atomic E-state index is 12.2. The summed E-state index contributed by atoms with van der Waals surface area (Å²) in [5.41, 5.74) is 3.41. The molecule has 3 rings (SSSR count). The molecule has 5 nitrogen and oxygen atoms in total. The van der Waals surface area contributed by atoms with Crippen molar-refractivity contribution >= 4 is 11.6 Å². The molecule has 1 aliphatic carbocycles. The maximum Gasteiger partial charge on any atom is 0.251 e. The number of hydrogen-bond acceptors (Lipinski definition) is 4. The van der Waals surface area contributed by atoms with Crippen LogP contribution in [0, 0.1) is 18.3 Å². The summed E-state index contributed by atoms with van der Waals surface area (Å²) < 4.78 is 5.67. The van der Waals surface area contributed by atoms with Gasteiger partial charge in [0.05, 0.1) is 18.2 Å². The van der Waals surface area contributed by atoms with E-state index in [1.807, 2.05) is 25.1 Å². The van der Waals surface area contributed by atoms with Crippen LogP contribution in [0.2, 0.25) is 0 Å². The third-order valence-electron chi connectivity index (χ3n) is 4.30. The molecule has 5 heteroatoms. The van der Waals surface area contributed by atoms with Crippen molar-refractivity contribution in [1.29, 1.82) is 5.26 Å². The molecule has 1 fully saturated rings. The number of hydrogen-bond donors (Lipinski definition) is 2. The van der Waals surface area contributed by atoms with Gasteiger partial charge in [-0.15, -0.1) is 0 Å². The lowest BCUT2D eigenvalue weighted by molar-refractivity contribution is 0.0951. The van der Waals surface area contributed by atoms with E-state index in [9.17, 15) is 4.79 Å². The van der Waals surface area contributed by atoms with Crippen LogP contribution in [0.25, 0.3) is 0 Å². The predicted octanol–water partition coefficient (Wildman–Crippen LogP) is 3.64. The number of nitriles is 1. The minimum absolute atomic E-state index is 0.000278. The van der Waals surface area contributed by atoms with Gasteiger partial charge in [0, 0.05) is 23.8 Å². The largest absolute Gasteiger partial charge is 0.494 e. The molecule has 0 radical (unpaired) electrons. The van der Waals surface area contributed by atoms with Crippen molar-refractivity contribution in [2.45, 2.75) is 32.2 Å². The number of ether oxygens (including phenoxy) is 1. The molecular formula is C21H23N3O2. The second-order valence-corrected chi connectivity index (χ2v) is 6.54. The number of benzene rings is 2. The van der Waals surface area contributed by atoms with Crippen molar-refractivity contribution in [3.63, 3.8) is 0 Å². The standard InChI is InChI=1S/C21H23N3O2/c1-15-3-6-17(21(25)24-18-7-8-18)13-20(15)23-11-2-12-26-19-9-4-16(14-22)5-10-19/h3-6,9-10,13,18,23H,2,7-8,11-12H2,1H3,(H,24,25). The second kappa shape index (κ2) is 8.39. The molecule has 0 aromatic heterocycles. The Bertz CT molecular complexity index is 805. The number of nitrogens with zero attached hydrogens (tertiary/aromatic N) is 1. The van der Waals surface area contributed by atoms with E-state index in [2.05, 4.69) is 16.7 Å². The molecule has 2 aromatic carbocycles. The zero-order chi connectivity index (χ0) is 18.4. The molecule has 0 spiro atoms. The van der Waals surface area contributed by atoms with Gasteiger partial charge in [0.15, 0.2) is 0 Å². The summed E-state index contributed by atoms with van der Waals surface area (Å²) in [7, 11) is 0. The lowest BCUT2D eigenvalue weighted by atomic mass is 10.1. The SMILES string of the molecule is Cc1ccc(C(=O)NC2CC2)cc1NCCCOc1ccc(C#N)cc1. The van der Waals surface area contributed by atoms with E-state index in [-0.39, 0.29) is 5.91 Å². The summed E-state index contributed by atoms with van der Waals surface area (Å²) in [4.78, 5) is 12.2. The van der Waals surface area contributed by atoms with Crippen molar-refractivity contribution in [1.82, 2.24) is 5.32 Å². The highest BCUT2D eigenvalue weighted by atomic mass is 16.5. The lowest BCUT2D eigenvalue weighted by Crippen LogP contribution is -2.25. The van der Waals surface area contributed by atoms with Gasteiger partial charge in [-0.3, -0.25) is 4.79 Å². The van der Waals surface area contributed by atoms with Gasteiger partial charge in [0.2, 0.25) is 0 Å². The van der Waals surface area contributed by atoms with Crippen LogP contribution in [0.15, 0.2) is 42.5 Å². The highest BCUT2D eigenvalue weighted by Gasteiger charge is 2.23. The number of amides is 1. The topological polar surface area (TPSA) is 74.2 Å². The predicted molar refractivity (Wildman–Crippen MR) is 101 cm³/mol. The Morgan fingerprint density at radius 2 is 2.00 bits per heavy atom. The summed E-state index contributed by atoms with van der Waals surface area (Å²) in [6, 6.07) is 15.3. The van der Waals surface area contributed by atoms with Gasteiger partial charge >= 0.3 is 0 Å². The Labute approximate surface area is 154 Å². The first-order valence-electron chi connectivity index (χ1n) is 8.94. The summed E-state index contributed by atoms with van der Waals surface area (Å²) in [6.07, 6.45) is 3.00. The Kier molecular flexibility index (Phi) is 5.75. The average Bonchev–Trinajstić information content (AvgIpc) is 3.47. The quantitative estimate of drug-likeness (QED) is 0.714.